The van der Waals surface area contributed by atoms with Gasteiger partial charge in [0, 0.05) is 47.4 Å². The third-order valence-corrected chi connectivity index (χ3v) is 6.14. The first-order valence-electron chi connectivity index (χ1n) is 11.8. The predicted octanol–water partition coefficient (Wildman–Crippen LogP) is 5.84. The molecule has 0 atom stereocenters. The summed E-state index contributed by atoms with van der Waals surface area (Å²) >= 11 is 6.28. The third kappa shape index (κ3) is 5.30. The number of aromatic nitrogens is 4. The van der Waals surface area contributed by atoms with Crippen LogP contribution in [-0.2, 0) is 13.1 Å². The van der Waals surface area contributed by atoms with Gasteiger partial charge in [-0.25, -0.2) is 9.97 Å². The summed E-state index contributed by atoms with van der Waals surface area (Å²) in [7, 11) is 1.77. The van der Waals surface area contributed by atoms with Crippen LogP contribution < -0.4 is 4.74 Å². The summed E-state index contributed by atoms with van der Waals surface area (Å²) in [4.78, 5) is 24.8. The maximum atomic E-state index is 13.7. The highest BCUT2D eigenvalue weighted by Crippen LogP contribution is 2.28. The number of amides is 1. The van der Waals surface area contributed by atoms with Crippen LogP contribution in [0, 0.1) is 13.8 Å². The average Bonchev–Trinajstić information content (AvgIpc) is 3.20. The van der Waals surface area contributed by atoms with Gasteiger partial charge in [-0.1, -0.05) is 18.5 Å². The smallest absolute Gasteiger partial charge is 0.273 e. The van der Waals surface area contributed by atoms with Crippen molar-refractivity contribution in [2.75, 3.05) is 13.7 Å². The number of ether oxygens (including phenoxy) is 1. The Balaban J connectivity index is 1.77. The van der Waals surface area contributed by atoms with Crippen LogP contribution in [-0.4, -0.2) is 44.2 Å². The van der Waals surface area contributed by atoms with Gasteiger partial charge in [0.1, 0.15) is 11.4 Å². The Labute approximate surface area is 210 Å². The largest absolute Gasteiger partial charge is 0.494 e. The minimum atomic E-state index is -0.209. The van der Waals surface area contributed by atoms with Gasteiger partial charge in [0.05, 0.1) is 18.3 Å². The molecule has 1 amide bonds. The Morgan fingerprint density at radius 2 is 1.91 bits per heavy atom. The molecule has 182 valence electrons. The average molecular weight is 492 g/mol. The lowest BCUT2D eigenvalue weighted by Crippen LogP contribution is -2.27. The van der Waals surface area contributed by atoms with Gasteiger partial charge in [-0.3, -0.25) is 9.48 Å². The molecule has 0 aliphatic carbocycles. The van der Waals surface area contributed by atoms with Crippen molar-refractivity contribution in [1.82, 2.24) is 24.6 Å². The van der Waals surface area contributed by atoms with Crippen molar-refractivity contribution in [3.63, 3.8) is 0 Å². The van der Waals surface area contributed by atoms with E-state index in [1.165, 1.54) is 0 Å². The number of nitrogens with zero attached hydrogens (tertiary/aromatic N) is 5. The minimum Gasteiger partial charge on any atom is -0.494 e. The standard InChI is InChI=1S/C27H30ClN5O2/c1-6-10-35-22-12-17(3)11-19(13-22)26-30-24-9-8-21(28)14-23(24)25(31-26)27(34)32(5)16-20-15-29-33(7-2)18(20)4/h8-9,11-15H,6-7,10,16H2,1-5H3. The van der Waals surface area contributed by atoms with Crippen LogP contribution >= 0.6 is 11.6 Å². The molecule has 0 saturated heterocycles. The summed E-state index contributed by atoms with van der Waals surface area (Å²) in [6.45, 7) is 9.95. The Morgan fingerprint density at radius 1 is 1.11 bits per heavy atom. The number of rotatable bonds is 8. The number of aryl methyl sites for hydroxylation is 2. The van der Waals surface area contributed by atoms with Crippen LogP contribution in [0.25, 0.3) is 22.3 Å². The first-order valence-corrected chi connectivity index (χ1v) is 12.2. The number of carbonyl (C=O) groups excluding carboxylic acids is 1. The highest BCUT2D eigenvalue weighted by atomic mass is 35.5. The topological polar surface area (TPSA) is 73.1 Å². The number of fused-ring (bicyclic) bond motifs is 1. The van der Waals surface area contributed by atoms with Crippen molar-refractivity contribution in [3.05, 3.63) is 70.1 Å². The first-order chi connectivity index (χ1) is 16.8. The molecule has 0 N–H and O–H groups in total. The zero-order chi connectivity index (χ0) is 25.1. The molecular weight excluding hydrogens is 462 g/mol. The van der Waals surface area contributed by atoms with Crippen molar-refractivity contribution in [3.8, 4) is 17.1 Å². The fourth-order valence-electron chi connectivity index (χ4n) is 4.04. The van der Waals surface area contributed by atoms with Crippen molar-refractivity contribution < 1.29 is 9.53 Å². The van der Waals surface area contributed by atoms with Crippen molar-refractivity contribution in [1.29, 1.82) is 0 Å². The number of carbonyl (C=O) groups is 1. The summed E-state index contributed by atoms with van der Waals surface area (Å²) < 4.78 is 7.77. The maximum absolute atomic E-state index is 13.7. The van der Waals surface area contributed by atoms with Gasteiger partial charge >= 0.3 is 0 Å². The molecule has 35 heavy (non-hydrogen) atoms. The lowest BCUT2D eigenvalue weighted by molar-refractivity contribution is 0.0781. The predicted molar refractivity (Wildman–Crippen MR) is 139 cm³/mol. The van der Waals surface area contributed by atoms with E-state index in [0.29, 0.717) is 40.6 Å². The molecule has 0 radical (unpaired) electrons. The summed E-state index contributed by atoms with van der Waals surface area (Å²) in [6.07, 6.45) is 2.73. The van der Waals surface area contributed by atoms with E-state index >= 15 is 0 Å². The van der Waals surface area contributed by atoms with Crippen LogP contribution in [0.1, 0.15) is 47.6 Å². The lowest BCUT2D eigenvalue weighted by Gasteiger charge is -2.18. The molecule has 0 aliphatic rings. The number of halogens is 1. The third-order valence-electron chi connectivity index (χ3n) is 5.90. The van der Waals surface area contributed by atoms with Crippen LogP contribution in [0.4, 0.5) is 0 Å². The number of hydrogen-bond donors (Lipinski definition) is 0. The van der Waals surface area contributed by atoms with E-state index < -0.39 is 0 Å². The summed E-state index contributed by atoms with van der Waals surface area (Å²) in [5, 5.41) is 5.54. The van der Waals surface area contributed by atoms with E-state index in [2.05, 4.69) is 12.0 Å². The zero-order valence-corrected chi connectivity index (χ0v) is 21.6. The molecular formula is C27H30ClN5O2. The Morgan fingerprint density at radius 3 is 2.63 bits per heavy atom. The van der Waals surface area contributed by atoms with Gasteiger partial charge in [-0.2, -0.15) is 5.10 Å². The maximum Gasteiger partial charge on any atom is 0.273 e. The van der Waals surface area contributed by atoms with Gasteiger partial charge in [-0.15, -0.1) is 0 Å². The summed E-state index contributed by atoms with van der Waals surface area (Å²) in [6, 6.07) is 11.2. The minimum absolute atomic E-state index is 0.209. The Kier molecular flexibility index (Phi) is 7.36. The SMILES string of the molecule is CCCOc1cc(C)cc(-c2nc(C(=O)N(C)Cc3cnn(CC)c3C)c3cc(Cl)ccc3n2)c1. The summed E-state index contributed by atoms with van der Waals surface area (Å²) in [5.41, 5.74) is 4.83. The quantitative estimate of drug-likeness (QED) is 0.309. The highest BCUT2D eigenvalue weighted by molar-refractivity contribution is 6.31. The zero-order valence-electron chi connectivity index (χ0n) is 20.8. The fourth-order valence-corrected chi connectivity index (χ4v) is 4.21. The normalized spacial score (nSPS) is 11.1. The molecule has 0 unspecified atom stereocenters. The van der Waals surface area contributed by atoms with Gasteiger partial charge in [0.15, 0.2) is 5.82 Å². The van der Waals surface area contributed by atoms with Crippen LogP contribution in [0.3, 0.4) is 0 Å². The van der Waals surface area contributed by atoms with E-state index in [-0.39, 0.29) is 5.91 Å². The molecule has 7 nitrogen and oxygen atoms in total. The first kappa shape index (κ1) is 24.7. The van der Waals surface area contributed by atoms with E-state index in [9.17, 15) is 4.79 Å². The number of benzene rings is 2. The van der Waals surface area contributed by atoms with Gasteiger partial charge in [0.25, 0.3) is 5.91 Å². The second-order valence-corrected chi connectivity index (χ2v) is 9.11. The molecule has 4 aromatic rings. The summed E-state index contributed by atoms with van der Waals surface area (Å²) in [5.74, 6) is 1.02. The number of hydrogen-bond acceptors (Lipinski definition) is 5. The second kappa shape index (κ2) is 10.4. The van der Waals surface area contributed by atoms with E-state index in [0.717, 1.165) is 41.1 Å². The highest BCUT2D eigenvalue weighted by Gasteiger charge is 2.21. The van der Waals surface area contributed by atoms with Crippen molar-refractivity contribution in [2.45, 2.75) is 47.2 Å². The molecule has 0 fully saturated rings. The Bertz CT molecular complexity index is 1380. The van der Waals surface area contributed by atoms with Crippen molar-refractivity contribution >= 4 is 28.4 Å². The molecule has 0 bridgehead atoms. The van der Waals surface area contributed by atoms with Crippen LogP contribution in [0.5, 0.6) is 5.75 Å². The van der Waals surface area contributed by atoms with Gasteiger partial charge < -0.3 is 9.64 Å². The van der Waals surface area contributed by atoms with E-state index in [1.54, 1.807) is 24.1 Å². The molecule has 0 saturated carbocycles. The Hall–Kier alpha value is -3.45. The fraction of sp³-hybridized carbons (Fsp3) is 0.333. The second-order valence-electron chi connectivity index (χ2n) is 8.67. The molecule has 0 aliphatic heterocycles. The van der Waals surface area contributed by atoms with Crippen molar-refractivity contribution in [2.24, 2.45) is 0 Å². The van der Waals surface area contributed by atoms with E-state index in [4.69, 9.17) is 26.3 Å². The lowest BCUT2D eigenvalue weighted by atomic mass is 10.1. The monoisotopic (exact) mass is 491 g/mol. The van der Waals surface area contributed by atoms with Gasteiger partial charge in [-0.05, 0) is 69.2 Å². The van der Waals surface area contributed by atoms with E-state index in [1.807, 2.05) is 55.9 Å². The molecule has 2 aromatic carbocycles. The molecule has 0 spiro atoms. The van der Waals surface area contributed by atoms with Gasteiger partial charge in [0.2, 0.25) is 0 Å². The van der Waals surface area contributed by atoms with Crippen LogP contribution in [0.15, 0.2) is 42.6 Å². The molecule has 4 rings (SSSR count). The molecule has 2 aromatic heterocycles. The molecule has 8 heteroatoms. The molecule has 2 heterocycles. The van der Waals surface area contributed by atoms with Crippen LogP contribution in [0.2, 0.25) is 5.02 Å².